The third-order valence-electron chi connectivity index (χ3n) is 4.03. The van der Waals surface area contributed by atoms with Crippen LogP contribution in [0.5, 0.6) is 11.5 Å². The minimum absolute atomic E-state index is 0.632. The van der Waals surface area contributed by atoms with Crippen molar-refractivity contribution in [2.45, 2.75) is 39.2 Å². The predicted octanol–water partition coefficient (Wildman–Crippen LogP) is 3.10. The molecule has 2 N–H and O–H groups in total. The Morgan fingerprint density at radius 3 is 2.62 bits per heavy atom. The second-order valence-corrected chi connectivity index (χ2v) is 5.61. The molecule has 0 aliphatic carbocycles. The molecule has 0 fully saturated rings. The van der Waals surface area contributed by atoms with Gasteiger partial charge in [0.2, 0.25) is 0 Å². The molecular formula is C17H24N2O2. The lowest BCUT2D eigenvalue weighted by Crippen LogP contribution is -2.15. The van der Waals surface area contributed by atoms with E-state index >= 15 is 0 Å². The Hall–Kier alpha value is -1.68. The van der Waals surface area contributed by atoms with E-state index in [1.165, 1.54) is 29.3 Å². The largest absolute Gasteiger partial charge is 0.486 e. The van der Waals surface area contributed by atoms with Crippen molar-refractivity contribution in [3.63, 3.8) is 0 Å². The topological polar surface area (TPSA) is 49.4 Å². The van der Waals surface area contributed by atoms with E-state index in [-0.39, 0.29) is 0 Å². The van der Waals surface area contributed by atoms with E-state index in [0.717, 1.165) is 37.4 Å². The molecule has 1 aliphatic rings. The molecule has 4 nitrogen and oxygen atoms in total. The van der Waals surface area contributed by atoms with Crippen LogP contribution in [0.3, 0.4) is 0 Å². The number of nitrogens with zero attached hydrogens (tertiary/aromatic N) is 1. The molecule has 4 heteroatoms. The lowest BCUT2D eigenvalue weighted by molar-refractivity contribution is 0.172. The normalized spacial score (nSPS) is 13.8. The third kappa shape index (κ3) is 2.86. The number of benzene rings is 1. The Labute approximate surface area is 125 Å². The van der Waals surface area contributed by atoms with Gasteiger partial charge < -0.3 is 19.8 Å². The molecule has 1 aromatic heterocycles. The fourth-order valence-electron chi connectivity index (χ4n) is 2.91. The summed E-state index contributed by atoms with van der Waals surface area (Å²) in [6.45, 7) is 5.27. The van der Waals surface area contributed by atoms with Gasteiger partial charge in [-0.25, -0.2) is 0 Å². The molecule has 0 saturated carbocycles. The van der Waals surface area contributed by atoms with Crippen molar-refractivity contribution in [2.75, 3.05) is 19.8 Å². The van der Waals surface area contributed by atoms with Gasteiger partial charge in [0, 0.05) is 24.2 Å². The fourth-order valence-corrected chi connectivity index (χ4v) is 2.91. The highest BCUT2D eigenvalue weighted by Gasteiger charge is 2.17. The van der Waals surface area contributed by atoms with Crippen LogP contribution in [0, 0.1) is 0 Å². The minimum atomic E-state index is 0.632. The number of aromatic nitrogens is 1. The summed E-state index contributed by atoms with van der Waals surface area (Å²) in [5.41, 5.74) is 8.28. The first-order valence-electron chi connectivity index (χ1n) is 7.95. The van der Waals surface area contributed by atoms with Crippen LogP contribution in [0.25, 0.3) is 10.9 Å². The fraction of sp³-hybridized carbons (Fsp3) is 0.529. The Morgan fingerprint density at radius 1 is 1.14 bits per heavy atom. The van der Waals surface area contributed by atoms with Crippen molar-refractivity contribution in [3.8, 4) is 11.5 Å². The highest BCUT2D eigenvalue weighted by Crippen LogP contribution is 2.37. The van der Waals surface area contributed by atoms with E-state index in [4.69, 9.17) is 15.2 Å². The van der Waals surface area contributed by atoms with Crippen molar-refractivity contribution >= 4 is 10.9 Å². The maximum Gasteiger partial charge on any atom is 0.163 e. The van der Waals surface area contributed by atoms with E-state index in [2.05, 4.69) is 29.8 Å². The van der Waals surface area contributed by atoms with Crippen LogP contribution < -0.4 is 15.2 Å². The Balaban J connectivity index is 2.04. The SMILES string of the molecule is CCCCn1cc(CCCN)c2cc3c(cc21)OCCO3. The molecule has 0 bridgehead atoms. The molecule has 0 unspecified atom stereocenters. The Morgan fingerprint density at radius 2 is 1.90 bits per heavy atom. The molecule has 0 radical (unpaired) electrons. The van der Waals surface area contributed by atoms with E-state index < -0.39 is 0 Å². The number of rotatable bonds is 6. The van der Waals surface area contributed by atoms with Crippen molar-refractivity contribution in [3.05, 3.63) is 23.9 Å². The summed E-state index contributed by atoms with van der Waals surface area (Å²) in [4.78, 5) is 0. The molecule has 2 heterocycles. The molecule has 0 spiro atoms. The summed E-state index contributed by atoms with van der Waals surface area (Å²) in [5, 5.41) is 1.28. The van der Waals surface area contributed by atoms with Crippen LogP contribution in [-0.4, -0.2) is 24.3 Å². The van der Waals surface area contributed by atoms with Gasteiger partial charge in [0.1, 0.15) is 13.2 Å². The van der Waals surface area contributed by atoms with Crippen LogP contribution in [0.4, 0.5) is 0 Å². The molecule has 2 aromatic rings. The van der Waals surface area contributed by atoms with Crippen molar-refractivity contribution in [1.82, 2.24) is 4.57 Å². The van der Waals surface area contributed by atoms with E-state index in [9.17, 15) is 0 Å². The molecular weight excluding hydrogens is 264 g/mol. The van der Waals surface area contributed by atoms with Gasteiger partial charge in [0.15, 0.2) is 11.5 Å². The zero-order chi connectivity index (χ0) is 14.7. The van der Waals surface area contributed by atoms with Crippen LogP contribution in [0.2, 0.25) is 0 Å². The van der Waals surface area contributed by atoms with Crippen molar-refractivity contribution < 1.29 is 9.47 Å². The molecule has 0 amide bonds. The first kappa shape index (κ1) is 14.3. The van der Waals surface area contributed by atoms with Gasteiger partial charge in [-0.2, -0.15) is 0 Å². The first-order chi connectivity index (χ1) is 10.3. The number of unbranched alkanes of at least 4 members (excludes halogenated alkanes) is 1. The zero-order valence-electron chi connectivity index (χ0n) is 12.7. The summed E-state index contributed by atoms with van der Waals surface area (Å²) < 4.78 is 13.8. The predicted molar refractivity (Wildman–Crippen MR) is 85.2 cm³/mol. The number of hydrogen-bond acceptors (Lipinski definition) is 3. The van der Waals surface area contributed by atoms with Crippen LogP contribution >= 0.6 is 0 Å². The van der Waals surface area contributed by atoms with Crippen molar-refractivity contribution in [1.29, 1.82) is 0 Å². The summed E-state index contributed by atoms with van der Waals surface area (Å²) in [6.07, 6.45) is 6.70. The lowest BCUT2D eigenvalue weighted by atomic mass is 10.1. The summed E-state index contributed by atoms with van der Waals surface area (Å²) in [6, 6.07) is 4.27. The van der Waals surface area contributed by atoms with E-state index in [0.29, 0.717) is 13.2 Å². The smallest absolute Gasteiger partial charge is 0.163 e. The number of aryl methyl sites for hydroxylation is 2. The highest BCUT2D eigenvalue weighted by atomic mass is 16.6. The number of ether oxygens (including phenoxy) is 2. The average Bonchev–Trinajstić information content (AvgIpc) is 2.86. The quantitative estimate of drug-likeness (QED) is 0.888. The highest BCUT2D eigenvalue weighted by molar-refractivity contribution is 5.87. The summed E-state index contributed by atoms with van der Waals surface area (Å²) >= 11 is 0. The lowest BCUT2D eigenvalue weighted by Gasteiger charge is -2.18. The van der Waals surface area contributed by atoms with Gasteiger partial charge in [-0.1, -0.05) is 13.3 Å². The molecule has 1 aliphatic heterocycles. The average molecular weight is 288 g/mol. The second-order valence-electron chi connectivity index (χ2n) is 5.61. The third-order valence-corrected chi connectivity index (χ3v) is 4.03. The first-order valence-corrected chi connectivity index (χ1v) is 7.95. The Kier molecular flexibility index (Phi) is 4.34. The number of nitrogens with two attached hydrogens (primary N) is 1. The second kappa shape index (κ2) is 6.39. The number of hydrogen-bond donors (Lipinski definition) is 1. The molecule has 3 rings (SSSR count). The van der Waals surface area contributed by atoms with E-state index in [1.54, 1.807) is 0 Å². The molecule has 1 aromatic carbocycles. The molecule has 0 atom stereocenters. The van der Waals surface area contributed by atoms with Gasteiger partial charge in [-0.05, 0) is 37.4 Å². The summed E-state index contributed by atoms with van der Waals surface area (Å²) in [7, 11) is 0. The van der Waals surface area contributed by atoms with Gasteiger partial charge in [0.05, 0.1) is 5.52 Å². The monoisotopic (exact) mass is 288 g/mol. The van der Waals surface area contributed by atoms with Gasteiger partial charge in [-0.3, -0.25) is 0 Å². The Bertz CT molecular complexity index is 567. The van der Waals surface area contributed by atoms with Gasteiger partial charge in [0.25, 0.3) is 0 Å². The van der Waals surface area contributed by atoms with Crippen LogP contribution in [0.15, 0.2) is 18.3 Å². The molecule has 114 valence electrons. The van der Waals surface area contributed by atoms with Gasteiger partial charge in [-0.15, -0.1) is 0 Å². The maximum atomic E-state index is 5.72. The van der Waals surface area contributed by atoms with Crippen LogP contribution in [0.1, 0.15) is 31.7 Å². The standard InChI is InChI=1S/C17H24N2O2/c1-2-3-7-19-12-13(5-4-6-18)14-10-16-17(11-15(14)19)21-9-8-20-16/h10-12H,2-9,18H2,1H3. The maximum absolute atomic E-state index is 5.72. The minimum Gasteiger partial charge on any atom is -0.486 e. The van der Waals surface area contributed by atoms with E-state index in [1.807, 2.05) is 0 Å². The van der Waals surface area contributed by atoms with Gasteiger partial charge >= 0.3 is 0 Å². The number of fused-ring (bicyclic) bond motifs is 2. The molecule has 21 heavy (non-hydrogen) atoms. The van der Waals surface area contributed by atoms with Crippen molar-refractivity contribution in [2.24, 2.45) is 5.73 Å². The zero-order valence-corrected chi connectivity index (χ0v) is 12.7. The van der Waals surface area contributed by atoms with Crippen LogP contribution in [-0.2, 0) is 13.0 Å². The summed E-state index contributed by atoms with van der Waals surface area (Å²) in [5.74, 6) is 1.74. The molecule has 0 saturated heterocycles.